The molecule has 4 fully saturated rings. The van der Waals surface area contributed by atoms with E-state index in [9.17, 15) is 0 Å². The molecule has 0 N–H and O–H groups in total. The van der Waals surface area contributed by atoms with Gasteiger partial charge >= 0.3 is 0 Å². The molecule has 4 saturated heterocycles. The molecule has 0 spiro atoms. The minimum atomic E-state index is 0.382. The van der Waals surface area contributed by atoms with Crippen LogP contribution in [-0.2, 0) is 0 Å². The summed E-state index contributed by atoms with van der Waals surface area (Å²) in [6.07, 6.45) is 51.7. The van der Waals surface area contributed by atoms with Gasteiger partial charge in [-0.25, -0.2) is 0 Å². The highest BCUT2D eigenvalue weighted by Gasteiger charge is 2.71. The summed E-state index contributed by atoms with van der Waals surface area (Å²) in [5.41, 5.74) is 0. The summed E-state index contributed by atoms with van der Waals surface area (Å²) in [4.78, 5) is 0. The van der Waals surface area contributed by atoms with Crippen molar-refractivity contribution in [3.63, 3.8) is 0 Å². The van der Waals surface area contributed by atoms with Crippen LogP contribution in [-0.4, -0.2) is 24.3 Å². The second kappa shape index (κ2) is 30.1. The van der Waals surface area contributed by atoms with Crippen LogP contribution >= 0.6 is 102 Å². The highest BCUT2D eigenvalue weighted by Crippen LogP contribution is 2.91. The maximum Gasteiger partial charge on any atom is 0.113 e. The minimum absolute atomic E-state index is 0.382. The molecular weight excluding hydrogens is 881 g/mol. The third kappa shape index (κ3) is 19.9. The molecule has 52 heavy (non-hydrogen) atoms. The predicted molar refractivity (Wildman–Crippen MR) is 262 cm³/mol. The summed E-state index contributed by atoms with van der Waals surface area (Å²) in [6.45, 7) is 4.69. The van der Waals surface area contributed by atoms with E-state index in [1.54, 1.807) is 0 Å². The Hall–Kier alpha value is 3.06. The van der Waals surface area contributed by atoms with Gasteiger partial charge in [0.15, 0.2) is 0 Å². The van der Waals surface area contributed by atoms with Gasteiger partial charge < -0.3 is 0 Å². The zero-order valence-electron chi connectivity index (χ0n) is 34.1. The summed E-state index contributed by atoms with van der Waals surface area (Å²) < 4.78 is 1.53. The van der Waals surface area contributed by atoms with Gasteiger partial charge in [-0.2, -0.15) is 0 Å². The van der Waals surface area contributed by atoms with Gasteiger partial charge in [0.1, 0.15) is 13.6 Å². The first-order valence-electron chi connectivity index (χ1n) is 22.8. The van der Waals surface area contributed by atoms with Crippen LogP contribution in [0.5, 0.6) is 0 Å². The lowest BCUT2D eigenvalue weighted by Crippen LogP contribution is -2.53. The van der Waals surface area contributed by atoms with Crippen LogP contribution in [0.1, 0.15) is 245 Å². The zero-order chi connectivity index (χ0) is 37.1. The molecule has 0 amide bonds. The number of rotatable bonds is 38. The second-order valence-corrected chi connectivity index (χ2v) is 30.6. The Morgan fingerprint density at radius 3 is 0.615 bits per heavy atom. The molecule has 4 bridgehead atoms. The minimum Gasteiger partial charge on any atom is -0.104 e. The summed E-state index contributed by atoms with van der Waals surface area (Å²) in [5, 5.41) is 2.36. The summed E-state index contributed by atoms with van der Waals surface area (Å²) in [7, 11) is 0. The van der Waals surface area contributed by atoms with Crippen molar-refractivity contribution in [3.05, 3.63) is 0 Å². The molecule has 0 aromatic carbocycles. The lowest BCUT2D eigenvalue weighted by Gasteiger charge is -2.67. The van der Waals surface area contributed by atoms with Gasteiger partial charge in [-0.3, -0.25) is 0 Å². The highest BCUT2D eigenvalue weighted by molar-refractivity contribution is 9.09. The number of hydrogen-bond donors (Lipinski definition) is 0. The van der Waals surface area contributed by atoms with Crippen molar-refractivity contribution >= 4 is 102 Å². The van der Waals surface area contributed by atoms with Crippen LogP contribution in [0.25, 0.3) is 0 Å². The number of alkyl halides is 2. The van der Waals surface area contributed by atoms with Crippen molar-refractivity contribution in [3.8, 4) is 0 Å². The third-order valence-electron chi connectivity index (χ3n) is 11.3. The van der Waals surface area contributed by atoms with Gasteiger partial charge in [-0.05, 0) is 38.5 Å². The van der Waals surface area contributed by atoms with Crippen molar-refractivity contribution in [2.45, 2.75) is 259 Å². The first kappa shape index (κ1) is 49.4. The molecule has 4 aliphatic heterocycles. The van der Waals surface area contributed by atoms with Gasteiger partial charge in [0, 0.05) is 10.7 Å². The molecule has 0 aromatic heterocycles. The molecule has 0 radical (unpaired) electrons. The van der Waals surface area contributed by atoms with E-state index in [0.717, 1.165) is 0 Å². The lowest BCUT2D eigenvalue weighted by atomic mass is 10.1. The van der Waals surface area contributed by atoms with E-state index in [0.29, 0.717) is 13.6 Å². The maximum atomic E-state index is 3.61. The smallest absolute Gasteiger partial charge is 0.104 e. The molecule has 8 heteroatoms. The van der Waals surface area contributed by atoms with Crippen LogP contribution in [0.15, 0.2) is 0 Å². The Bertz CT molecular complexity index is 781. The van der Waals surface area contributed by atoms with E-state index in [4.69, 9.17) is 0 Å². The fourth-order valence-electron chi connectivity index (χ4n) is 8.23. The van der Waals surface area contributed by atoms with Crippen molar-refractivity contribution in [2.75, 3.05) is 10.7 Å². The molecular formula is C44H82Br2S6. The average Bonchev–Trinajstić information content (AvgIpc) is 3.12. The second-order valence-electron chi connectivity index (χ2n) is 16.3. The van der Waals surface area contributed by atoms with Crippen molar-refractivity contribution in [1.82, 2.24) is 0 Å². The molecule has 0 aromatic rings. The molecule has 0 saturated carbocycles. The standard InChI is InChI=1S/C44H82Br2S6/c1-3-5-7-9-11-17-23-29-35-41-47-42(36-30-24-18-12-10-8-6-4-2)50-43(48-41,37-31-25-19-13-15-21-27-33-39-45)52-44(49-41,51-42)38-32-26-20-14-16-22-28-34-40-46/h3-40H2,1-2H3. The maximum absolute atomic E-state index is 3.61. The van der Waals surface area contributed by atoms with Gasteiger partial charge in [0.2, 0.25) is 0 Å². The lowest BCUT2D eigenvalue weighted by molar-refractivity contribution is 0.558. The zero-order valence-corrected chi connectivity index (χ0v) is 42.1. The molecule has 308 valence electrons. The van der Waals surface area contributed by atoms with Crippen LogP contribution in [0, 0.1) is 0 Å². The van der Waals surface area contributed by atoms with E-state index < -0.39 is 0 Å². The van der Waals surface area contributed by atoms with Gasteiger partial charge in [-0.15, -0.1) is 70.6 Å². The van der Waals surface area contributed by atoms with E-state index in [2.05, 4.69) is 116 Å². The Morgan fingerprint density at radius 1 is 0.250 bits per heavy atom. The fourth-order valence-corrected chi connectivity index (χ4v) is 30.9. The van der Waals surface area contributed by atoms with Crippen LogP contribution in [0.3, 0.4) is 0 Å². The number of unbranched alkanes of at least 4 members (excludes halogenated alkanes) is 28. The molecule has 4 aliphatic rings. The number of hydrogen-bond acceptors (Lipinski definition) is 6. The molecule has 4 rings (SSSR count). The average molecular weight is 963 g/mol. The van der Waals surface area contributed by atoms with Crippen molar-refractivity contribution in [2.24, 2.45) is 0 Å². The Morgan fingerprint density at radius 2 is 0.423 bits per heavy atom. The molecule has 0 atom stereocenters. The molecule has 0 unspecified atom stereocenters. The monoisotopic (exact) mass is 960 g/mol. The summed E-state index contributed by atoms with van der Waals surface area (Å²) in [6, 6.07) is 0. The van der Waals surface area contributed by atoms with E-state index in [-0.39, 0.29) is 0 Å². The van der Waals surface area contributed by atoms with E-state index in [1.165, 1.54) is 242 Å². The van der Waals surface area contributed by atoms with Crippen LogP contribution in [0.2, 0.25) is 0 Å². The predicted octanol–water partition coefficient (Wildman–Crippen LogP) is 19.9. The fraction of sp³-hybridized carbons (Fsp3) is 1.00. The topological polar surface area (TPSA) is 0 Å². The molecule has 0 nitrogen and oxygen atoms in total. The quantitative estimate of drug-likeness (QED) is 0.0443. The van der Waals surface area contributed by atoms with Gasteiger partial charge in [-0.1, -0.05) is 238 Å². The van der Waals surface area contributed by atoms with Gasteiger partial charge in [0.25, 0.3) is 0 Å². The Balaban J connectivity index is 1.65. The summed E-state index contributed by atoms with van der Waals surface area (Å²) in [5.74, 6) is 0. The first-order chi connectivity index (χ1) is 25.5. The Kier molecular flexibility index (Phi) is 28.6. The van der Waals surface area contributed by atoms with Crippen molar-refractivity contribution in [1.29, 1.82) is 0 Å². The SMILES string of the molecule is CCCCCCCCCCC12SC3(CCCCCCCCCC)SC(CCCCCCCCCCBr)(S1)SC(CCCCCCCCCCBr)(S2)S3. The first-order valence-corrected chi connectivity index (χ1v) is 30.0. The molecule has 4 heterocycles. The normalized spacial score (nSPS) is 26.5. The Labute approximate surface area is 368 Å². The number of halogens is 2. The van der Waals surface area contributed by atoms with Crippen molar-refractivity contribution < 1.29 is 0 Å². The molecule has 0 aliphatic carbocycles. The third-order valence-corrected chi connectivity index (χ3v) is 24.6. The number of thioether (sulfide) groups is 6. The largest absolute Gasteiger partial charge is 0.113 e. The highest BCUT2D eigenvalue weighted by atomic mass is 79.9. The van der Waals surface area contributed by atoms with E-state index >= 15 is 0 Å². The van der Waals surface area contributed by atoms with E-state index in [1.807, 2.05) is 0 Å². The van der Waals surface area contributed by atoms with Crippen LogP contribution in [0.4, 0.5) is 0 Å². The van der Waals surface area contributed by atoms with Gasteiger partial charge in [0.05, 0.1) is 0 Å². The van der Waals surface area contributed by atoms with Crippen LogP contribution < -0.4 is 0 Å². The summed E-state index contributed by atoms with van der Waals surface area (Å²) >= 11 is 22.2.